The Bertz CT molecular complexity index is 438. The molecule has 0 radical (unpaired) electrons. The van der Waals surface area contributed by atoms with Gasteiger partial charge in [-0.25, -0.2) is 0 Å². The number of aliphatic hydroxyl groups excluding tert-OH is 1. The molecule has 5 heteroatoms. The molecule has 0 aromatic heterocycles. The van der Waals surface area contributed by atoms with Gasteiger partial charge in [-0.05, 0) is 19.1 Å². The molecule has 2 rings (SSSR count). The Hall–Kier alpha value is -1.59. The summed E-state index contributed by atoms with van der Waals surface area (Å²) < 4.78 is 5.05. The van der Waals surface area contributed by atoms with Gasteiger partial charge in [-0.2, -0.15) is 0 Å². The summed E-state index contributed by atoms with van der Waals surface area (Å²) in [4.78, 5) is 11.9. The van der Waals surface area contributed by atoms with Crippen molar-refractivity contribution >= 4 is 5.91 Å². The minimum atomic E-state index is -0.670. The van der Waals surface area contributed by atoms with Gasteiger partial charge >= 0.3 is 0 Å². The standard InChI is InChI=1S/C12H15NO4.H2/c1-7-8(3-2-4-10(7)14)12(16)13-9-5-17-6-11(9)15;/h2-4,9,11,14-15H,5-6H2,1H3,(H,13,16);1H/t9-,11+;/m0./s1. The van der Waals surface area contributed by atoms with Crippen molar-refractivity contribution in [3.8, 4) is 5.75 Å². The molecule has 3 N–H and O–H groups in total. The number of carbonyl (C=O) groups is 1. The second-order valence-electron chi connectivity index (χ2n) is 4.13. The van der Waals surface area contributed by atoms with Gasteiger partial charge in [0, 0.05) is 12.6 Å². The van der Waals surface area contributed by atoms with Crippen molar-refractivity contribution in [3.63, 3.8) is 0 Å². The number of ether oxygens (including phenoxy) is 1. The monoisotopic (exact) mass is 239 g/mol. The Kier molecular flexibility index (Phi) is 3.31. The Labute approximate surface area is 101 Å². The predicted octanol–water partition coefficient (Wildman–Crippen LogP) is 0.436. The number of carbonyl (C=O) groups excluding carboxylic acids is 1. The number of nitrogens with one attached hydrogen (secondary N) is 1. The fourth-order valence-electron chi connectivity index (χ4n) is 1.80. The lowest BCUT2D eigenvalue weighted by Gasteiger charge is -2.15. The van der Waals surface area contributed by atoms with Gasteiger partial charge in [0.15, 0.2) is 0 Å². The molecule has 0 saturated carbocycles. The Morgan fingerprint density at radius 1 is 1.53 bits per heavy atom. The summed E-state index contributed by atoms with van der Waals surface area (Å²) in [6.07, 6.45) is -0.670. The number of hydrogen-bond donors (Lipinski definition) is 3. The molecule has 1 saturated heterocycles. The normalized spacial score (nSPS) is 23.6. The maximum Gasteiger partial charge on any atom is 0.252 e. The Morgan fingerprint density at radius 3 is 2.94 bits per heavy atom. The fourth-order valence-corrected chi connectivity index (χ4v) is 1.80. The van der Waals surface area contributed by atoms with E-state index in [9.17, 15) is 15.0 Å². The summed E-state index contributed by atoms with van der Waals surface area (Å²) in [6, 6.07) is 4.38. The highest BCUT2D eigenvalue weighted by Gasteiger charge is 2.28. The third-order valence-electron chi connectivity index (χ3n) is 2.92. The maximum absolute atomic E-state index is 11.9. The van der Waals surface area contributed by atoms with Crippen LogP contribution in [0.4, 0.5) is 0 Å². The first-order valence-electron chi connectivity index (χ1n) is 5.45. The van der Waals surface area contributed by atoms with Crippen LogP contribution in [0.5, 0.6) is 5.75 Å². The molecular formula is C12H17NO4. The van der Waals surface area contributed by atoms with Crippen molar-refractivity contribution in [2.75, 3.05) is 13.2 Å². The minimum Gasteiger partial charge on any atom is -0.508 e. The molecule has 1 heterocycles. The number of aromatic hydroxyl groups is 1. The van der Waals surface area contributed by atoms with E-state index in [2.05, 4.69) is 5.32 Å². The molecule has 1 aromatic rings. The molecule has 1 amide bonds. The van der Waals surface area contributed by atoms with E-state index in [1.807, 2.05) is 0 Å². The van der Waals surface area contributed by atoms with E-state index in [0.717, 1.165) is 0 Å². The van der Waals surface area contributed by atoms with Crippen LogP contribution in [-0.2, 0) is 4.74 Å². The van der Waals surface area contributed by atoms with Gasteiger partial charge in [-0.1, -0.05) is 6.07 Å². The first-order valence-corrected chi connectivity index (χ1v) is 5.45. The molecule has 1 fully saturated rings. The molecule has 0 unspecified atom stereocenters. The van der Waals surface area contributed by atoms with Gasteiger partial charge in [0.1, 0.15) is 5.75 Å². The topological polar surface area (TPSA) is 78.8 Å². The van der Waals surface area contributed by atoms with E-state index in [1.165, 1.54) is 6.07 Å². The quantitative estimate of drug-likeness (QED) is 0.699. The second-order valence-corrected chi connectivity index (χ2v) is 4.13. The number of aliphatic hydroxyl groups is 1. The fraction of sp³-hybridized carbons (Fsp3) is 0.417. The predicted molar refractivity (Wildman–Crippen MR) is 63.0 cm³/mol. The van der Waals surface area contributed by atoms with Crippen LogP contribution >= 0.6 is 0 Å². The van der Waals surface area contributed by atoms with Crippen molar-refractivity contribution in [2.24, 2.45) is 0 Å². The molecule has 0 bridgehead atoms. The smallest absolute Gasteiger partial charge is 0.252 e. The summed E-state index contributed by atoms with van der Waals surface area (Å²) in [5.74, 6) is -0.228. The number of hydrogen-bond acceptors (Lipinski definition) is 4. The summed E-state index contributed by atoms with van der Waals surface area (Å²) in [7, 11) is 0. The van der Waals surface area contributed by atoms with Crippen LogP contribution in [0.25, 0.3) is 0 Å². The Morgan fingerprint density at radius 2 is 2.29 bits per heavy atom. The van der Waals surface area contributed by atoms with Crippen molar-refractivity contribution in [3.05, 3.63) is 29.3 Å². The van der Waals surface area contributed by atoms with Crippen LogP contribution in [0.3, 0.4) is 0 Å². The molecule has 5 nitrogen and oxygen atoms in total. The van der Waals surface area contributed by atoms with E-state index < -0.39 is 6.10 Å². The lowest BCUT2D eigenvalue weighted by molar-refractivity contribution is 0.0885. The van der Waals surface area contributed by atoms with Crippen LogP contribution in [0.15, 0.2) is 18.2 Å². The van der Waals surface area contributed by atoms with E-state index in [4.69, 9.17) is 4.74 Å². The highest BCUT2D eigenvalue weighted by atomic mass is 16.5. The number of benzene rings is 1. The SMILES string of the molecule is Cc1c(O)cccc1C(=O)N[C@H]1COC[C@H]1O.[HH]. The molecular weight excluding hydrogens is 222 g/mol. The lowest BCUT2D eigenvalue weighted by Crippen LogP contribution is -2.42. The molecule has 1 aliphatic heterocycles. The van der Waals surface area contributed by atoms with Gasteiger partial charge in [-0.3, -0.25) is 4.79 Å². The zero-order chi connectivity index (χ0) is 12.4. The molecule has 17 heavy (non-hydrogen) atoms. The zero-order valence-corrected chi connectivity index (χ0v) is 9.51. The molecule has 2 atom stereocenters. The summed E-state index contributed by atoms with van der Waals surface area (Å²) >= 11 is 0. The van der Waals surface area contributed by atoms with E-state index >= 15 is 0 Å². The molecule has 1 aliphatic rings. The van der Waals surface area contributed by atoms with Gasteiger partial charge in [0.2, 0.25) is 0 Å². The average molecular weight is 239 g/mol. The van der Waals surface area contributed by atoms with Gasteiger partial charge in [0.25, 0.3) is 5.91 Å². The lowest BCUT2D eigenvalue weighted by atomic mass is 10.1. The van der Waals surface area contributed by atoms with Crippen LogP contribution in [0, 0.1) is 6.92 Å². The number of rotatable bonds is 2. The van der Waals surface area contributed by atoms with Crippen molar-refractivity contribution in [1.82, 2.24) is 5.32 Å². The van der Waals surface area contributed by atoms with Gasteiger partial charge in [0.05, 0.1) is 25.4 Å². The largest absolute Gasteiger partial charge is 0.508 e. The van der Waals surface area contributed by atoms with Crippen LogP contribution in [-0.4, -0.2) is 41.5 Å². The van der Waals surface area contributed by atoms with Crippen molar-refractivity contribution in [2.45, 2.75) is 19.1 Å². The highest BCUT2D eigenvalue weighted by Crippen LogP contribution is 2.19. The molecule has 1 aromatic carbocycles. The number of amides is 1. The zero-order valence-electron chi connectivity index (χ0n) is 9.51. The number of phenols is 1. The summed E-state index contributed by atoms with van der Waals surface area (Å²) in [6.45, 7) is 2.22. The maximum atomic E-state index is 11.9. The number of phenolic OH excluding ortho intramolecular Hbond substituents is 1. The highest BCUT2D eigenvalue weighted by molar-refractivity contribution is 5.96. The van der Waals surface area contributed by atoms with Crippen molar-refractivity contribution in [1.29, 1.82) is 0 Å². The molecule has 94 valence electrons. The molecule has 0 aliphatic carbocycles. The van der Waals surface area contributed by atoms with Crippen LogP contribution in [0.1, 0.15) is 17.3 Å². The average Bonchev–Trinajstić information content (AvgIpc) is 2.68. The van der Waals surface area contributed by atoms with Gasteiger partial charge in [-0.15, -0.1) is 0 Å². The first kappa shape index (κ1) is 11.9. The van der Waals surface area contributed by atoms with Gasteiger partial charge < -0.3 is 20.3 Å². The molecule has 0 spiro atoms. The summed E-state index contributed by atoms with van der Waals surface area (Å²) in [5, 5.41) is 21.7. The first-order chi connectivity index (χ1) is 8.09. The summed E-state index contributed by atoms with van der Waals surface area (Å²) in [5.41, 5.74) is 0.933. The van der Waals surface area contributed by atoms with E-state index in [-0.39, 0.29) is 25.7 Å². The van der Waals surface area contributed by atoms with Crippen LogP contribution < -0.4 is 5.32 Å². The van der Waals surface area contributed by atoms with Crippen LogP contribution in [0.2, 0.25) is 0 Å². The Balaban J connectivity index is 0.00000162. The van der Waals surface area contributed by atoms with Crippen molar-refractivity contribution < 1.29 is 21.2 Å². The minimum absolute atomic E-state index is 0. The van der Waals surface area contributed by atoms with E-state index in [0.29, 0.717) is 17.7 Å². The third kappa shape index (κ3) is 2.40. The van der Waals surface area contributed by atoms with E-state index in [1.54, 1.807) is 19.1 Å². The second kappa shape index (κ2) is 4.73. The third-order valence-corrected chi connectivity index (χ3v) is 2.92.